The maximum absolute atomic E-state index is 12.2. The van der Waals surface area contributed by atoms with Crippen molar-refractivity contribution >= 4 is 50.5 Å². The van der Waals surface area contributed by atoms with Gasteiger partial charge in [0.15, 0.2) is 11.6 Å². The van der Waals surface area contributed by atoms with Gasteiger partial charge in [-0.25, -0.2) is 8.42 Å². The molecule has 0 saturated heterocycles. The Morgan fingerprint density at radius 2 is 1.52 bits per heavy atom. The molecule has 0 aliphatic rings. The minimum atomic E-state index is -3.71. The van der Waals surface area contributed by atoms with Gasteiger partial charge in [0.2, 0.25) is 0 Å². The van der Waals surface area contributed by atoms with Crippen molar-refractivity contribution in [3.05, 3.63) is 70.7 Å². The Balaban J connectivity index is 1.74. The van der Waals surface area contributed by atoms with E-state index in [4.69, 9.17) is 23.2 Å². The van der Waals surface area contributed by atoms with Crippen LogP contribution in [0.1, 0.15) is 0 Å². The molecule has 2 aromatic carbocycles. The van der Waals surface area contributed by atoms with Crippen molar-refractivity contribution in [3.63, 3.8) is 0 Å². The number of anilines is 3. The van der Waals surface area contributed by atoms with Crippen LogP contribution in [0.4, 0.5) is 17.3 Å². The van der Waals surface area contributed by atoms with E-state index in [1.807, 2.05) is 0 Å². The third kappa shape index (κ3) is 4.39. The Morgan fingerprint density at radius 3 is 2.16 bits per heavy atom. The van der Waals surface area contributed by atoms with Gasteiger partial charge in [-0.2, -0.15) is 0 Å². The van der Waals surface area contributed by atoms with Gasteiger partial charge in [0.05, 0.1) is 15.6 Å². The van der Waals surface area contributed by atoms with E-state index in [1.54, 1.807) is 42.5 Å². The molecule has 0 radical (unpaired) electrons. The van der Waals surface area contributed by atoms with Crippen LogP contribution in [0.2, 0.25) is 10.0 Å². The number of aromatic nitrogens is 2. The molecule has 25 heavy (non-hydrogen) atoms. The lowest BCUT2D eigenvalue weighted by Gasteiger charge is -2.09. The molecule has 0 spiro atoms. The fourth-order valence-corrected chi connectivity index (χ4v) is 3.45. The molecule has 0 aliphatic carbocycles. The summed E-state index contributed by atoms with van der Waals surface area (Å²) in [6.07, 6.45) is 0. The molecular weight excluding hydrogens is 383 g/mol. The number of halogens is 2. The summed E-state index contributed by atoms with van der Waals surface area (Å²) in [5.41, 5.74) is 0.609. The Kier molecular flexibility index (Phi) is 5.08. The lowest BCUT2D eigenvalue weighted by atomic mass is 10.3. The highest BCUT2D eigenvalue weighted by Crippen LogP contribution is 2.27. The standard InChI is InChI=1S/C16H12Cl2N4O2S/c17-11-6-7-14(13(18)10-11)19-15-8-9-16(21-20-15)22-25(23,24)12-4-2-1-3-5-12/h1-10H,(H,19,20)(H,21,22). The molecule has 0 unspecified atom stereocenters. The topological polar surface area (TPSA) is 84.0 Å². The summed E-state index contributed by atoms with van der Waals surface area (Å²) in [7, 11) is -3.71. The fourth-order valence-electron chi connectivity index (χ4n) is 1.98. The summed E-state index contributed by atoms with van der Waals surface area (Å²) in [6.45, 7) is 0. The van der Waals surface area contributed by atoms with Gasteiger partial charge in [-0.05, 0) is 42.5 Å². The maximum atomic E-state index is 12.2. The first-order chi connectivity index (χ1) is 11.9. The molecule has 0 fully saturated rings. The van der Waals surface area contributed by atoms with Crippen molar-refractivity contribution in [2.24, 2.45) is 0 Å². The van der Waals surface area contributed by atoms with Crippen LogP contribution < -0.4 is 10.0 Å². The number of rotatable bonds is 5. The molecule has 6 nitrogen and oxygen atoms in total. The molecule has 0 saturated carbocycles. The van der Waals surface area contributed by atoms with Crippen LogP contribution in [-0.2, 0) is 10.0 Å². The van der Waals surface area contributed by atoms with E-state index in [9.17, 15) is 8.42 Å². The first kappa shape index (κ1) is 17.5. The van der Waals surface area contributed by atoms with Crippen LogP contribution in [0.25, 0.3) is 0 Å². The van der Waals surface area contributed by atoms with Crippen molar-refractivity contribution in [2.75, 3.05) is 10.0 Å². The summed E-state index contributed by atoms with van der Waals surface area (Å²) in [4.78, 5) is 0.145. The summed E-state index contributed by atoms with van der Waals surface area (Å²) in [5.74, 6) is 0.517. The molecule has 0 bridgehead atoms. The van der Waals surface area contributed by atoms with Crippen molar-refractivity contribution in [1.82, 2.24) is 10.2 Å². The fraction of sp³-hybridized carbons (Fsp3) is 0. The molecule has 128 valence electrons. The first-order valence-electron chi connectivity index (χ1n) is 7.08. The summed E-state index contributed by atoms with van der Waals surface area (Å²) in [6, 6.07) is 16.1. The van der Waals surface area contributed by atoms with Gasteiger partial charge in [0, 0.05) is 5.02 Å². The van der Waals surface area contributed by atoms with Crippen LogP contribution in [0.15, 0.2) is 65.6 Å². The van der Waals surface area contributed by atoms with E-state index in [-0.39, 0.29) is 10.7 Å². The van der Waals surface area contributed by atoms with Crippen LogP contribution in [0.3, 0.4) is 0 Å². The van der Waals surface area contributed by atoms with Gasteiger partial charge in [-0.3, -0.25) is 4.72 Å². The zero-order chi connectivity index (χ0) is 17.9. The molecule has 2 N–H and O–H groups in total. The summed E-state index contributed by atoms with van der Waals surface area (Å²) >= 11 is 11.9. The Hall–Kier alpha value is -2.35. The van der Waals surface area contributed by atoms with E-state index in [1.165, 1.54) is 18.2 Å². The SMILES string of the molecule is O=S(=O)(Nc1ccc(Nc2ccc(Cl)cc2Cl)nn1)c1ccccc1. The van der Waals surface area contributed by atoms with Gasteiger partial charge >= 0.3 is 0 Å². The molecule has 1 aromatic heterocycles. The number of sulfonamides is 1. The third-order valence-corrected chi connectivity index (χ3v) is 5.07. The van der Waals surface area contributed by atoms with Gasteiger partial charge in [-0.1, -0.05) is 41.4 Å². The Morgan fingerprint density at radius 1 is 0.840 bits per heavy atom. The van der Waals surface area contributed by atoms with Crippen molar-refractivity contribution < 1.29 is 8.42 Å². The van der Waals surface area contributed by atoms with E-state index in [0.717, 1.165) is 0 Å². The average molecular weight is 395 g/mol. The van der Waals surface area contributed by atoms with Crippen LogP contribution >= 0.6 is 23.2 Å². The zero-order valence-corrected chi connectivity index (χ0v) is 15.0. The van der Waals surface area contributed by atoms with Crippen LogP contribution in [0, 0.1) is 0 Å². The number of hydrogen-bond donors (Lipinski definition) is 2. The molecule has 1 heterocycles. The van der Waals surface area contributed by atoms with E-state index in [0.29, 0.717) is 21.6 Å². The predicted octanol–water partition coefficient (Wildman–Crippen LogP) is 4.33. The van der Waals surface area contributed by atoms with Crippen molar-refractivity contribution in [3.8, 4) is 0 Å². The van der Waals surface area contributed by atoms with Gasteiger partial charge in [0.25, 0.3) is 10.0 Å². The van der Waals surface area contributed by atoms with Crippen molar-refractivity contribution in [2.45, 2.75) is 4.90 Å². The van der Waals surface area contributed by atoms with Crippen LogP contribution in [-0.4, -0.2) is 18.6 Å². The van der Waals surface area contributed by atoms with E-state index < -0.39 is 10.0 Å². The largest absolute Gasteiger partial charge is 0.338 e. The van der Waals surface area contributed by atoms with Gasteiger partial charge in [0.1, 0.15) is 0 Å². The molecule has 3 rings (SSSR count). The number of nitrogens with one attached hydrogen (secondary N) is 2. The second-order valence-corrected chi connectivity index (χ2v) is 7.50. The second-order valence-electron chi connectivity index (χ2n) is 4.97. The molecule has 3 aromatic rings. The second kappa shape index (κ2) is 7.26. The van der Waals surface area contributed by atoms with Gasteiger partial charge in [-0.15, -0.1) is 10.2 Å². The molecule has 0 atom stereocenters. The Labute approximate surface area is 154 Å². The van der Waals surface area contributed by atoms with Crippen LogP contribution in [0.5, 0.6) is 0 Å². The highest BCUT2D eigenvalue weighted by atomic mass is 35.5. The minimum absolute atomic E-state index is 0.108. The predicted molar refractivity (Wildman–Crippen MR) is 99.0 cm³/mol. The highest BCUT2D eigenvalue weighted by Gasteiger charge is 2.14. The summed E-state index contributed by atoms with van der Waals surface area (Å²) < 4.78 is 26.8. The van der Waals surface area contributed by atoms with Gasteiger partial charge < -0.3 is 5.32 Å². The number of hydrogen-bond acceptors (Lipinski definition) is 5. The molecule has 0 amide bonds. The third-order valence-electron chi connectivity index (χ3n) is 3.15. The van der Waals surface area contributed by atoms with E-state index >= 15 is 0 Å². The lowest BCUT2D eigenvalue weighted by molar-refractivity contribution is 0.601. The summed E-state index contributed by atoms with van der Waals surface area (Å²) in [5, 5.41) is 11.7. The quantitative estimate of drug-likeness (QED) is 0.672. The normalized spacial score (nSPS) is 11.1. The average Bonchev–Trinajstić information content (AvgIpc) is 2.59. The molecular formula is C16H12Cl2N4O2S. The first-order valence-corrected chi connectivity index (χ1v) is 9.32. The molecule has 0 aliphatic heterocycles. The van der Waals surface area contributed by atoms with E-state index in [2.05, 4.69) is 20.2 Å². The molecule has 9 heteroatoms. The smallest absolute Gasteiger partial charge is 0.263 e. The maximum Gasteiger partial charge on any atom is 0.263 e. The zero-order valence-electron chi connectivity index (χ0n) is 12.6. The lowest BCUT2D eigenvalue weighted by Crippen LogP contribution is -2.14. The monoisotopic (exact) mass is 394 g/mol. The van der Waals surface area contributed by atoms with Crippen molar-refractivity contribution in [1.29, 1.82) is 0 Å². The number of benzene rings is 2. The number of nitrogens with zero attached hydrogens (tertiary/aromatic N) is 2. The Bertz CT molecular complexity index is 981. The minimum Gasteiger partial charge on any atom is -0.338 e. The highest BCUT2D eigenvalue weighted by molar-refractivity contribution is 7.92.